The van der Waals surface area contributed by atoms with E-state index >= 15 is 0 Å². The van der Waals surface area contributed by atoms with Crippen LogP contribution in [-0.2, 0) is 14.3 Å². The Hall–Kier alpha value is -4.05. The molecule has 11 heteroatoms. The van der Waals surface area contributed by atoms with Crippen molar-refractivity contribution in [2.45, 2.75) is 19.9 Å². The van der Waals surface area contributed by atoms with Crippen LogP contribution >= 0.6 is 11.6 Å². The number of ether oxygens (including phenoxy) is 3. The Morgan fingerprint density at radius 1 is 1.17 bits per heavy atom. The Balaban J connectivity index is 1.69. The van der Waals surface area contributed by atoms with E-state index < -0.39 is 23.9 Å². The van der Waals surface area contributed by atoms with Gasteiger partial charge < -0.3 is 24.8 Å². The van der Waals surface area contributed by atoms with Gasteiger partial charge in [0.1, 0.15) is 0 Å². The zero-order chi connectivity index (χ0) is 25.4. The van der Waals surface area contributed by atoms with Crippen LogP contribution in [0.3, 0.4) is 0 Å². The molecule has 3 rings (SSSR count). The Morgan fingerprint density at radius 2 is 1.91 bits per heavy atom. The number of amides is 3. The SMILES string of the molecule is CCOC(=O)C1=C(C)NC(=O)N[C@H]1c1ccc(OCC(=O)N/N=C\c2ccc(Cl)cc2)c(OC)c1. The summed E-state index contributed by atoms with van der Waals surface area (Å²) in [5.41, 5.74) is 4.39. The lowest BCUT2D eigenvalue weighted by atomic mass is 9.95. The highest BCUT2D eigenvalue weighted by Gasteiger charge is 2.32. The van der Waals surface area contributed by atoms with Gasteiger partial charge in [0.2, 0.25) is 0 Å². The van der Waals surface area contributed by atoms with Gasteiger partial charge in [0, 0.05) is 10.7 Å². The van der Waals surface area contributed by atoms with Crippen LogP contribution in [0.4, 0.5) is 4.79 Å². The van der Waals surface area contributed by atoms with Crippen LogP contribution in [0.5, 0.6) is 11.5 Å². The second-order valence-electron chi connectivity index (χ2n) is 7.33. The van der Waals surface area contributed by atoms with Gasteiger partial charge in [-0.1, -0.05) is 29.8 Å². The Morgan fingerprint density at radius 3 is 2.60 bits per heavy atom. The fraction of sp³-hybridized carbons (Fsp3) is 0.250. The van der Waals surface area contributed by atoms with E-state index in [9.17, 15) is 14.4 Å². The van der Waals surface area contributed by atoms with Crippen molar-refractivity contribution < 1.29 is 28.6 Å². The van der Waals surface area contributed by atoms with E-state index in [1.165, 1.54) is 13.3 Å². The summed E-state index contributed by atoms with van der Waals surface area (Å²) >= 11 is 5.84. The smallest absolute Gasteiger partial charge is 0.338 e. The summed E-state index contributed by atoms with van der Waals surface area (Å²) in [4.78, 5) is 36.7. The molecule has 1 aliphatic rings. The number of hydrogen-bond acceptors (Lipinski definition) is 7. The van der Waals surface area contributed by atoms with Crippen molar-refractivity contribution in [3.63, 3.8) is 0 Å². The molecule has 1 aliphatic heterocycles. The fourth-order valence-electron chi connectivity index (χ4n) is 3.31. The minimum absolute atomic E-state index is 0.193. The van der Waals surface area contributed by atoms with Crippen LogP contribution in [0.25, 0.3) is 0 Å². The number of urea groups is 1. The first-order valence-corrected chi connectivity index (χ1v) is 11.0. The zero-order valence-corrected chi connectivity index (χ0v) is 20.1. The molecule has 0 fully saturated rings. The molecule has 0 aliphatic carbocycles. The second kappa shape index (κ2) is 11.9. The lowest BCUT2D eigenvalue weighted by Gasteiger charge is -2.28. The van der Waals surface area contributed by atoms with Crippen molar-refractivity contribution in [1.82, 2.24) is 16.1 Å². The van der Waals surface area contributed by atoms with Gasteiger partial charge in [-0.2, -0.15) is 5.10 Å². The molecule has 184 valence electrons. The van der Waals surface area contributed by atoms with Crippen LogP contribution < -0.4 is 25.5 Å². The van der Waals surface area contributed by atoms with E-state index in [1.54, 1.807) is 56.3 Å². The normalized spacial score (nSPS) is 15.3. The third kappa shape index (κ3) is 6.73. The molecule has 0 radical (unpaired) electrons. The molecule has 0 saturated carbocycles. The maximum Gasteiger partial charge on any atom is 0.338 e. The molecular weight excluding hydrogens is 476 g/mol. The summed E-state index contributed by atoms with van der Waals surface area (Å²) in [5.74, 6) is -0.409. The number of nitrogens with zero attached hydrogens (tertiary/aromatic N) is 1. The summed E-state index contributed by atoms with van der Waals surface area (Å²) in [6.07, 6.45) is 1.48. The first-order valence-electron chi connectivity index (χ1n) is 10.7. The Kier molecular flexibility index (Phi) is 8.69. The van der Waals surface area contributed by atoms with Gasteiger partial charge in [-0.15, -0.1) is 0 Å². The standard InChI is InChI=1S/C24H25ClN4O6/c1-4-34-23(31)21-14(2)27-24(32)28-22(21)16-7-10-18(19(11-16)33-3)35-13-20(30)29-26-12-15-5-8-17(25)9-6-15/h5-12,22H,4,13H2,1-3H3,(H,29,30)(H2,27,28,32)/b26-12-/t22-/m0/s1. The average Bonchev–Trinajstić information content (AvgIpc) is 2.83. The molecular formula is C24H25ClN4O6. The predicted molar refractivity (Wildman–Crippen MR) is 129 cm³/mol. The number of allylic oxidation sites excluding steroid dienone is 1. The molecule has 2 aromatic rings. The number of hydrogen-bond donors (Lipinski definition) is 3. The highest BCUT2D eigenvalue weighted by molar-refractivity contribution is 6.30. The fourth-order valence-corrected chi connectivity index (χ4v) is 3.44. The Bertz CT molecular complexity index is 1160. The number of benzene rings is 2. The number of methoxy groups -OCH3 is 1. The maximum atomic E-state index is 12.5. The van der Waals surface area contributed by atoms with E-state index in [0.29, 0.717) is 27.8 Å². The first-order chi connectivity index (χ1) is 16.8. The minimum Gasteiger partial charge on any atom is -0.493 e. The Labute approximate surface area is 207 Å². The van der Waals surface area contributed by atoms with Crippen molar-refractivity contribution in [3.8, 4) is 11.5 Å². The molecule has 0 unspecified atom stereocenters. The molecule has 1 heterocycles. The lowest BCUT2D eigenvalue weighted by Crippen LogP contribution is -2.45. The van der Waals surface area contributed by atoms with E-state index in [4.69, 9.17) is 25.8 Å². The third-order valence-corrected chi connectivity index (χ3v) is 5.17. The summed E-state index contributed by atoms with van der Waals surface area (Å²) in [7, 11) is 1.44. The largest absolute Gasteiger partial charge is 0.493 e. The van der Waals surface area contributed by atoms with E-state index in [-0.39, 0.29) is 18.8 Å². The molecule has 35 heavy (non-hydrogen) atoms. The molecule has 0 aromatic heterocycles. The lowest BCUT2D eigenvalue weighted by molar-refractivity contribution is -0.139. The highest BCUT2D eigenvalue weighted by atomic mass is 35.5. The van der Waals surface area contributed by atoms with Crippen LogP contribution in [0.15, 0.2) is 58.8 Å². The molecule has 2 aromatic carbocycles. The van der Waals surface area contributed by atoms with Crippen LogP contribution in [0.2, 0.25) is 5.02 Å². The number of esters is 1. The number of carbonyl (C=O) groups is 3. The molecule has 0 spiro atoms. The number of rotatable bonds is 9. The molecule has 0 bridgehead atoms. The van der Waals surface area contributed by atoms with Crippen molar-refractivity contribution in [2.24, 2.45) is 5.10 Å². The summed E-state index contributed by atoms with van der Waals surface area (Å²) < 4.78 is 16.1. The van der Waals surface area contributed by atoms with Crippen molar-refractivity contribution >= 4 is 35.7 Å². The van der Waals surface area contributed by atoms with Gasteiger partial charge in [-0.25, -0.2) is 15.0 Å². The molecule has 0 saturated heterocycles. The number of hydrazone groups is 1. The second-order valence-corrected chi connectivity index (χ2v) is 7.77. The summed E-state index contributed by atoms with van der Waals surface area (Å²) in [6, 6.07) is 10.6. The van der Waals surface area contributed by atoms with Crippen molar-refractivity contribution in [2.75, 3.05) is 20.3 Å². The molecule has 1 atom stereocenters. The number of nitrogens with one attached hydrogen (secondary N) is 3. The quantitative estimate of drug-likeness (QED) is 0.276. The summed E-state index contributed by atoms with van der Waals surface area (Å²) in [5, 5.41) is 9.79. The predicted octanol–water partition coefficient (Wildman–Crippen LogP) is 3.07. The average molecular weight is 501 g/mol. The topological polar surface area (TPSA) is 127 Å². The van der Waals surface area contributed by atoms with E-state index in [0.717, 1.165) is 5.56 Å². The third-order valence-electron chi connectivity index (χ3n) is 4.92. The van der Waals surface area contributed by atoms with Gasteiger partial charge in [0.25, 0.3) is 5.91 Å². The van der Waals surface area contributed by atoms with Crippen LogP contribution in [-0.4, -0.2) is 44.4 Å². The number of carbonyl (C=O) groups excluding carboxylic acids is 3. The van der Waals surface area contributed by atoms with Gasteiger partial charge in [-0.3, -0.25) is 4.79 Å². The van der Waals surface area contributed by atoms with Crippen LogP contribution in [0.1, 0.15) is 31.0 Å². The molecule has 10 nitrogen and oxygen atoms in total. The highest BCUT2D eigenvalue weighted by Crippen LogP contribution is 2.34. The monoisotopic (exact) mass is 500 g/mol. The summed E-state index contributed by atoms with van der Waals surface area (Å²) in [6.45, 7) is 3.20. The van der Waals surface area contributed by atoms with Gasteiger partial charge in [-0.05, 0) is 49.2 Å². The molecule has 3 amide bonds. The zero-order valence-electron chi connectivity index (χ0n) is 19.4. The van der Waals surface area contributed by atoms with E-state index in [1.807, 2.05) is 0 Å². The van der Waals surface area contributed by atoms with Crippen LogP contribution in [0, 0.1) is 0 Å². The van der Waals surface area contributed by atoms with Gasteiger partial charge in [0.05, 0.1) is 31.5 Å². The first kappa shape index (κ1) is 25.6. The van der Waals surface area contributed by atoms with E-state index in [2.05, 4.69) is 21.2 Å². The van der Waals surface area contributed by atoms with Gasteiger partial charge in [0.15, 0.2) is 18.1 Å². The van der Waals surface area contributed by atoms with Gasteiger partial charge >= 0.3 is 12.0 Å². The minimum atomic E-state index is -0.753. The van der Waals surface area contributed by atoms with Crippen molar-refractivity contribution in [1.29, 1.82) is 0 Å². The molecule has 3 N–H and O–H groups in total. The maximum absolute atomic E-state index is 12.5. The van der Waals surface area contributed by atoms with Crippen molar-refractivity contribution in [3.05, 3.63) is 69.9 Å². The number of halogens is 1.